The van der Waals surface area contributed by atoms with Crippen LogP contribution in [0.5, 0.6) is 5.88 Å². The van der Waals surface area contributed by atoms with Crippen LogP contribution in [0, 0.1) is 0 Å². The summed E-state index contributed by atoms with van der Waals surface area (Å²) in [7, 11) is 3.46. The fraction of sp³-hybridized carbons (Fsp3) is 0.368. The van der Waals surface area contributed by atoms with E-state index in [1.54, 1.807) is 7.11 Å². The Morgan fingerprint density at radius 1 is 1.25 bits per heavy atom. The first kappa shape index (κ1) is 16.3. The summed E-state index contributed by atoms with van der Waals surface area (Å²) in [5.74, 6) is 2.13. The minimum Gasteiger partial charge on any atom is -0.481 e. The number of aliphatic imine (C=N–C) groups is 1. The molecule has 0 radical (unpaired) electrons. The lowest BCUT2D eigenvalue weighted by molar-refractivity contribution is 0.396. The van der Waals surface area contributed by atoms with E-state index in [1.165, 1.54) is 5.56 Å². The van der Waals surface area contributed by atoms with Gasteiger partial charge in [0.05, 0.1) is 19.3 Å². The van der Waals surface area contributed by atoms with Crippen molar-refractivity contribution < 1.29 is 4.74 Å². The molecule has 0 amide bonds. The number of guanidine groups is 1. The van der Waals surface area contributed by atoms with E-state index in [1.807, 2.05) is 25.2 Å². The molecule has 0 spiro atoms. The van der Waals surface area contributed by atoms with Crippen LogP contribution in [0.3, 0.4) is 0 Å². The molecule has 1 saturated heterocycles. The molecule has 0 saturated carbocycles. The number of nitrogens with zero attached hydrogens (tertiary/aromatic N) is 3. The number of pyridine rings is 1. The first-order valence-corrected chi connectivity index (χ1v) is 8.30. The van der Waals surface area contributed by atoms with Gasteiger partial charge in [-0.3, -0.25) is 4.99 Å². The minimum absolute atomic E-state index is 0.569. The zero-order valence-electron chi connectivity index (χ0n) is 14.3. The highest BCUT2D eigenvalue weighted by Gasteiger charge is 2.25. The molecule has 1 fully saturated rings. The van der Waals surface area contributed by atoms with E-state index in [0.29, 0.717) is 18.3 Å². The fourth-order valence-electron chi connectivity index (χ4n) is 3.12. The predicted molar refractivity (Wildman–Crippen MR) is 96.4 cm³/mol. The van der Waals surface area contributed by atoms with Crippen LogP contribution in [0.25, 0.3) is 0 Å². The molecule has 1 aliphatic rings. The van der Waals surface area contributed by atoms with Crippen LogP contribution >= 0.6 is 0 Å². The Balaban J connectivity index is 1.59. The van der Waals surface area contributed by atoms with Crippen molar-refractivity contribution in [2.75, 3.05) is 27.2 Å². The summed E-state index contributed by atoms with van der Waals surface area (Å²) in [6, 6.07) is 16.5. The maximum Gasteiger partial charge on any atom is 0.213 e. The predicted octanol–water partition coefficient (Wildman–Crippen LogP) is 2.66. The number of hydrogen-bond donors (Lipinski definition) is 1. The zero-order valence-corrected chi connectivity index (χ0v) is 14.3. The summed E-state index contributed by atoms with van der Waals surface area (Å²) >= 11 is 0. The topological polar surface area (TPSA) is 49.8 Å². The molecule has 2 aromatic rings. The fourth-order valence-corrected chi connectivity index (χ4v) is 3.12. The normalized spacial score (nSPS) is 17.8. The third-order valence-corrected chi connectivity index (χ3v) is 4.39. The molecule has 0 aliphatic carbocycles. The number of ether oxygens (including phenoxy) is 1. The monoisotopic (exact) mass is 324 g/mol. The molecule has 1 unspecified atom stereocenters. The third-order valence-electron chi connectivity index (χ3n) is 4.39. The van der Waals surface area contributed by atoms with Crippen molar-refractivity contribution >= 4 is 5.96 Å². The average molecular weight is 324 g/mol. The summed E-state index contributed by atoms with van der Waals surface area (Å²) in [5.41, 5.74) is 2.35. The van der Waals surface area contributed by atoms with Crippen molar-refractivity contribution in [1.82, 2.24) is 15.2 Å². The van der Waals surface area contributed by atoms with E-state index in [9.17, 15) is 0 Å². The van der Waals surface area contributed by atoms with Crippen molar-refractivity contribution in [3.8, 4) is 5.88 Å². The molecule has 0 bridgehead atoms. The van der Waals surface area contributed by atoms with Gasteiger partial charge in [-0.15, -0.1) is 0 Å². The molecular weight excluding hydrogens is 300 g/mol. The number of likely N-dealkylation sites (tertiary alicyclic amines) is 1. The highest BCUT2D eigenvalue weighted by molar-refractivity contribution is 5.80. The van der Waals surface area contributed by atoms with Gasteiger partial charge in [-0.1, -0.05) is 36.4 Å². The first-order valence-electron chi connectivity index (χ1n) is 8.30. The summed E-state index contributed by atoms with van der Waals surface area (Å²) in [5, 5.41) is 3.41. The van der Waals surface area contributed by atoms with Gasteiger partial charge >= 0.3 is 0 Å². The van der Waals surface area contributed by atoms with Crippen molar-refractivity contribution in [3.63, 3.8) is 0 Å². The molecule has 24 heavy (non-hydrogen) atoms. The van der Waals surface area contributed by atoms with Gasteiger partial charge in [0.15, 0.2) is 5.96 Å². The summed E-state index contributed by atoms with van der Waals surface area (Å²) in [6.07, 6.45) is 1.15. The van der Waals surface area contributed by atoms with E-state index in [0.717, 1.165) is 31.2 Å². The van der Waals surface area contributed by atoms with Crippen LogP contribution in [-0.2, 0) is 6.54 Å². The van der Waals surface area contributed by atoms with Gasteiger partial charge in [0.2, 0.25) is 5.88 Å². The van der Waals surface area contributed by atoms with Gasteiger partial charge in [-0.05, 0) is 18.1 Å². The van der Waals surface area contributed by atoms with Crippen LogP contribution < -0.4 is 10.1 Å². The molecule has 1 aliphatic heterocycles. The molecule has 2 heterocycles. The Hall–Kier alpha value is -2.56. The SMILES string of the molecule is CN=C(NCc1cccc(OC)n1)N1CCC(c2ccccc2)C1. The van der Waals surface area contributed by atoms with Crippen molar-refractivity contribution in [2.45, 2.75) is 18.9 Å². The van der Waals surface area contributed by atoms with E-state index in [-0.39, 0.29) is 0 Å². The van der Waals surface area contributed by atoms with E-state index in [4.69, 9.17) is 4.74 Å². The van der Waals surface area contributed by atoms with E-state index in [2.05, 4.69) is 50.5 Å². The average Bonchev–Trinajstić information content (AvgIpc) is 3.13. The Labute approximate surface area is 143 Å². The second kappa shape index (κ2) is 7.81. The second-order valence-electron chi connectivity index (χ2n) is 5.91. The molecule has 5 heteroatoms. The number of methoxy groups -OCH3 is 1. The maximum absolute atomic E-state index is 5.17. The Kier molecular flexibility index (Phi) is 5.31. The van der Waals surface area contributed by atoms with Crippen LogP contribution in [0.15, 0.2) is 53.5 Å². The number of nitrogens with one attached hydrogen (secondary N) is 1. The quantitative estimate of drug-likeness (QED) is 0.694. The van der Waals surface area contributed by atoms with Crippen LogP contribution in [-0.4, -0.2) is 43.1 Å². The summed E-state index contributed by atoms with van der Waals surface area (Å²) in [6.45, 7) is 2.65. The lowest BCUT2D eigenvalue weighted by Crippen LogP contribution is -2.39. The van der Waals surface area contributed by atoms with Gasteiger partial charge in [-0.2, -0.15) is 0 Å². The molecule has 1 N–H and O–H groups in total. The van der Waals surface area contributed by atoms with Gasteiger partial charge < -0.3 is 15.0 Å². The summed E-state index contributed by atoms with van der Waals surface area (Å²) in [4.78, 5) is 11.2. The smallest absolute Gasteiger partial charge is 0.213 e. The lowest BCUT2D eigenvalue weighted by atomic mass is 9.99. The lowest BCUT2D eigenvalue weighted by Gasteiger charge is -2.21. The first-order chi connectivity index (χ1) is 11.8. The number of aromatic nitrogens is 1. The molecule has 1 atom stereocenters. The largest absolute Gasteiger partial charge is 0.481 e. The summed E-state index contributed by atoms with van der Waals surface area (Å²) < 4.78 is 5.17. The molecule has 3 rings (SSSR count). The van der Waals surface area contributed by atoms with Gasteiger partial charge in [0.25, 0.3) is 0 Å². The van der Waals surface area contributed by atoms with Gasteiger partial charge in [0.1, 0.15) is 0 Å². The minimum atomic E-state index is 0.569. The standard InChI is InChI=1S/C19H24N4O/c1-20-19(21-13-17-9-6-10-18(22-17)24-2)23-12-11-16(14-23)15-7-4-3-5-8-15/h3-10,16H,11-14H2,1-2H3,(H,20,21). The van der Waals surface area contributed by atoms with E-state index < -0.39 is 0 Å². The highest BCUT2D eigenvalue weighted by Crippen LogP contribution is 2.26. The third kappa shape index (κ3) is 3.85. The maximum atomic E-state index is 5.17. The van der Waals surface area contributed by atoms with Crippen LogP contribution in [0.1, 0.15) is 23.6 Å². The van der Waals surface area contributed by atoms with Crippen LogP contribution in [0.2, 0.25) is 0 Å². The van der Waals surface area contributed by atoms with Crippen molar-refractivity contribution in [3.05, 3.63) is 59.8 Å². The second-order valence-corrected chi connectivity index (χ2v) is 5.91. The molecular formula is C19H24N4O. The molecule has 1 aromatic heterocycles. The Morgan fingerprint density at radius 3 is 2.83 bits per heavy atom. The van der Waals surface area contributed by atoms with Crippen molar-refractivity contribution in [1.29, 1.82) is 0 Å². The number of rotatable bonds is 4. The van der Waals surface area contributed by atoms with Gasteiger partial charge in [0, 0.05) is 32.1 Å². The molecule has 126 valence electrons. The van der Waals surface area contributed by atoms with E-state index >= 15 is 0 Å². The zero-order chi connectivity index (χ0) is 16.8. The van der Waals surface area contributed by atoms with Crippen molar-refractivity contribution in [2.24, 2.45) is 4.99 Å². The molecule has 1 aromatic carbocycles. The highest BCUT2D eigenvalue weighted by atomic mass is 16.5. The van der Waals surface area contributed by atoms with Gasteiger partial charge in [-0.25, -0.2) is 4.98 Å². The Morgan fingerprint density at radius 2 is 2.08 bits per heavy atom. The number of benzene rings is 1. The Bertz CT molecular complexity index is 687. The number of hydrogen-bond acceptors (Lipinski definition) is 3. The molecule has 5 nitrogen and oxygen atoms in total. The van der Waals surface area contributed by atoms with Crippen LogP contribution in [0.4, 0.5) is 0 Å².